The summed E-state index contributed by atoms with van der Waals surface area (Å²) in [5, 5.41) is 7.95. The van der Waals surface area contributed by atoms with E-state index in [-0.39, 0.29) is 0 Å². The van der Waals surface area contributed by atoms with Crippen molar-refractivity contribution in [2.75, 3.05) is 6.61 Å². The molecular weight excluding hydrogens is 252 g/mol. The molecule has 1 aromatic heterocycles. The lowest BCUT2D eigenvalue weighted by Gasteiger charge is -2.14. The zero-order valence-electron chi connectivity index (χ0n) is 12.3. The minimum atomic E-state index is 0.413. The molecule has 2 rings (SSSR count). The van der Waals surface area contributed by atoms with Gasteiger partial charge in [-0.05, 0) is 30.0 Å². The number of hydrogen-bond acceptors (Lipinski definition) is 4. The van der Waals surface area contributed by atoms with Crippen LogP contribution < -0.4 is 10.5 Å². The number of hydrogen-bond donors (Lipinski definition) is 1. The molecule has 0 aliphatic heterocycles. The highest BCUT2D eigenvalue weighted by molar-refractivity contribution is 5.39. The average Bonchev–Trinajstić information content (AvgIpc) is 2.86. The van der Waals surface area contributed by atoms with Gasteiger partial charge in [0.25, 0.3) is 0 Å². The van der Waals surface area contributed by atoms with E-state index < -0.39 is 0 Å². The number of rotatable bonds is 6. The van der Waals surface area contributed by atoms with Gasteiger partial charge in [0.05, 0.1) is 12.2 Å². The van der Waals surface area contributed by atoms with Crippen LogP contribution >= 0.6 is 0 Å². The number of ether oxygens (including phenoxy) is 1. The Morgan fingerprint density at radius 2 is 2.15 bits per heavy atom. The maximum absolute atomic E-state index is 5.91. The molecule has 108 valence electrons. The summed E-state index contributed by atoms with van der Waals surface area (Å²) in [5.41, 5.74) is 8.74. The van der Waals surface area contributed by atoms with Gasteiger partial charge in [-0.1, -0.05) is 31.2 Å². The predicted octanol–water partition coefficient (Wildman–Crippen LogP) is 2.25. The maximum Gasteiger partial charge on any atom is 0.123 e. The second kappa shape index (κ2) is 6.52. The summed E-state index contributed by atoms with van der Waals surface area (Å²) in [7, 11) is 0. The van der Waals surface area contributed by atoms with Crippen molar-refractivity contribution in [2.45, 2.75) is 39.8 Å². The van der Waals surface area contributed by atoms with Crippen molar-refractivity contribution < 1.29 is 4.74 Å². The molecule has 0 unspecified atom stereocenters. The summed E-state index contributed by atoms with van der Waals surface area (Å²) in [4.78, 5) is 0. The number of aromatic nitrogens is 3. The Morgan fingerprint density at radius 1 is 1.35 bits per heavy atom. The minimum Gasteiger partial charge on any atom is -0.491 e. The van der Waals surface area contributed by atoms with Crippen LogP contribution in [0.15, 0.2) is 24.4 Å². The van der Waals surface area contributed by atoms with Crippen LogP contribution in [0, 0.1) is 6.92 Å². The van der Waals surface area contributed by atoms with Crippen LogP contribution in [0.5, 0.6) is 5.75 Å². The molecule has 0 fully saturated rings. The first-order chi connectivity index (χ1) is 9.60. The van der Waals surface area contributed by atoms with E-state index in [0.29, 0.717) is 25.6 Å². The summed E-state index contributed by atoms with van der Waals surface area (Å²) >= 11 is 0. The number of aryl methyl sites for hydroxylation is 1. The zero-order chi connectivity index (χ0) is 14.5. The van der Waals surface area contributed by atoms with Crippen LogP contribution in [0.4, 0.5) is 0 Å². The molecule has 5 heteroatoms. The molecular formula is C15H22N4O. The summed E-state index contributed by atoms with van der Waals surface area (Å²) in [6, 6.07) is 6.34. The Labute approximate surface area is 119 Å². The van der Waals surface area contributed by atoms with Gasteiger partial charge in [-0.15, -0.1) is 5.10 Å². The quantitative estimate of drug-likeness (QED) is 0.877. The maximum atomic E-state index is 5.91. The standard InChI is InChI=1S/C15H22N4O/c1-11(2)14-5-4-12(3)8-15(14)20-7-6-19-10-13(9-16)17-18-19/h4-5,8,10-11H,6-7,9,16H2,1-3H3. The van der Waals surface area contributed by atoms with Gasteiger partial charge >= 0.3 is 0 Å². The largest absolute Gasteiger partial charge is 0.491 e. The Hall–Kier alpha value is -1.88. The van der Waals surface area contributed by atoms with Crippen LogP contribution in [-0.2, 0) is 13.1 Å². The van der Waals surface area contributed by atoms with Gasteiger partial charge in [-0.25, -0.2) is 4.68 Å². The average molecular weight is 274 g/mol. The monoisotopic (exact) mass is 274 g/mol. The number of benzene rings is 1. The lowest BCUT2D eigenvalue weighted by atomic mass is 10.0. The topological polar surface area (TPSA) is 66.0 Å². The molecule has 0 saturated heterocycles. The summed E-state index contributed by atoms with van der Waals surface area (Å²) < 4.78 is 7.66. The van der Waals surface area contributed by atoms with Crippen molar-refractivity contribution in [3.8, 4) is 5.75 Å². The van der Waals surface area contributed by atoms with Gasteiger partial charge in [0.1, 0.15) is 12.4 Å². The highest BCUT2D eigenvalue weighted by atomic mass is 16.5. The second-order valence-corrected chi connectivity index (χ2v) is 5.22. The van der Waals surface area contributed by atoms with Crippen molar-refractivity contribution in [1.29, 1.82) is 0 Å². The fourth-order valence-corrected chi connectivity index (χ4v) is 2.03. The predicted molar refractivity (Wildman–Crippen MR) is 78.7 cm³/mol. The highest BCUT2D eigenvalue weighted by Crippen LogP contribution is 2.27. The van der Waals surface area contributed by atoms with Gasteiger partial charge in [-0.2, -0.15) is 0 Å². The van der Waals surface area contributed by atoms with Crippen molar-refractivity contribution in [3.05, 3.63) is 41.2 Å². The van der Waals surface area contributed by atoms with Gasteiger partial charge in [0.2, 0.25) is 0 Å². The molecule has 1 heterocycles. The van der Waals surface area contributed by atoms with Crippen molar-refractivity contribution in [2.24, 2.45) is 5.73 Å². The smallest absolute Gasteiger partial charge is 0.123 e. The first-order valence-electron chi connectivity index (χ1n) is 6.92. The van der Waals surface area contributed by atoms with Crippen molar-refractivity contribution in [3.63, 3.8) is 0 Å². The number of nitrogens with zero attached hydrogens (tertiary/aromatic N) is 3. The van der Waals surface area contributed by atoms with Gasteiger partial charge in [-0.3, -0.25) is 0 Å². The molecule has 2 N–H and O–H groups in total. The molecule has 0 bridgehead atoms. The van der Waals surface area contributed by atoms with E-state index in [9.17, 15) is 0 Å². The lowest BCUT2D eigenvalue weighted by molar-refractivity contribution is 0.286. The van der Waals surface area contributed by atoms with Gasteiger partial charge in [0.15, 0.2) is 0 Å². The van der Waals surface area contributed by atoms with E-state index in [1.807, 2.05) is 6.20 Å². The van der Waals surface area contributed by atoms with Crippen molar-refractivity contribution >= 4 is 0 Å². The van der Waals surface area contributed by atoms with Crippen LogP contribution in [0.3, 0.4) is 0 Å². The van der Waals surface area contributed by atoms with E-state index in [1.165, 1.54) is 11.1 Å². The molecule has 0 atom stereocenters. The van der Waals surface area contributed by atoms with E-state index in [4.69, 9.17) is 10.5 Å². The fourth-order valence-electron chi connectivity index (χ4n) is 2.03. The van der Waals surface area contributed by atoms with E-state index in [2.05, 4.69) is 49.3 Å². The SMILES string of the molecule is Cc1ccc(C(C)C)c(OCCn2cc(CN)nn2)c1. The summed E-state index contributed by atoms with van der Waals surface area (Å²) in [6.45, 7) is 8.05. The van der Waals surface area contributed by atoms with E-state index >= 15 is 0 Å². The number of nitrogens with two attached hydrogens (primary N) is 1. The third-order valence-electron chi connectivity index (χ3n) is 3.16. The third-order valence-corrected chi connectivity index (χ3v) is 3.16. The van der Waals surface area contributed by atoms with Crippen LogP contribution in [0.25, 0.3) is 0 Å². The zero-order valence-corrected chi connectivity index (χ0v) is 12.3. The molecule has 0 amide bonds. The minimum absolute atomic E-state index is 0.413. The Kier molecular flexibility index (Phi) is 4.74. The summed E-state index contributed by atoms with van der Waals surface area (Å²) in [5.74, 6) is 1.40. The Balaban J connectivity index is 1.98. The molecule has 0 aliphatic rings. The molecule has 0 aliphatic carbocycles. The first kappa shape index (κ1) is 14.5. The molecule has 20 heavy (non-hydrogen) atoms. The molecule has 2 aromatic rings. The van der Waals surface area contributed by atoms with Crippen molar-refractivity contribution in [1.82, 2.24) is 15.0 Å². The molecule has 0 spiro atoms. The molecule has 0 radical (unpaired) electrons. The van der Waals surface area contributed by atoms with E-state index in [1.54, 1.807) is 4.68 Å². The van der Waals surface area contributed by atoms with Crippen LogP contribution in [0.2, 0.25) is 0 Å². The van der Waals surface area contributed by atoms with Gasteiger partial charge < -0.3 is 10.5 Å². The van der Waals surface area contributed by atoms with Crippen LogP contribution in [0.1, 0.15) is 36.6 Å². The summed E-state index contributed by atoms with van der Waals surface area (Å²) in [6.07, 6.45) is 1.85. The Morgan fingerprint density at radius 3 is 2.80 bits per heavy atom. The second-order valence-electron chi connectivity index (χ2n) is 5.22. The molecule has 5 nitrogen and oxygen atoms in total. The Bertz CT molecular complexity index is 563. The third kappa shape index (κ3) is 3.57. The van der Waals surface area contributed by atoms with Gasteiger partial charge in [0, 0.05) is 12.7 Å². The molecule has 0 saturated carbocycles. The molecule has 1 aromatic carbocycles. The normalized spacial score (nSPS) is 11.1. The fraction of sp³-hybridized carbons (Fsp3) is 0.467. The first-order valence-corrected chi connectivity index (χ1v) is 6.92. The van der Waals surface area contributed by atoms with E-state index in [0.717, 1.165) is 11.4 Å². The van der Waals surface area contributed by atoms with Crippen LogP contribution in [-0.4, -0.2) is 21.6 Å². The highest BCUT2D eigenvalue weighted by Gasteiger charge is 2.08. The lowest BCUT2D eigenvalue weighted by Crippen LogP contribution is -2.10.